The first-order valence-electron chi connectivity index (χ1n) is 6.39. The molecule has 3 rings (SSSR count). The number of nitrogens with zero attached hydrogens (tertiary/aromatic N) is 4. The summed E-state index contributed by atoms with van der Waals surface area (Å²) in [5, 5.41) is 30.0. The van der Waals surface area contributed by atoms with Gasteiger partial charge in [0.05, 0.1) is 6.33 Å². The topological polar surface area (TPSA) is 190 Å². The van der Waals surface area contributed by atoms with Crippen LogP contribution in [0.15, 0.2) is 18.5 Å². The zero-order chi connectivity index (χ0) is 18.7. The number of aromatic hydroxyl groups is 1. The number of non-ortho nitro benzene ring substituents is 1. The summed E-state index contributed by atoms with van der Waals surface area (Å²) in [5.41, 5.74) is 5.79. The first-order valence-corrected chi connectivity index (χ1v) is 9.59. The van der Waals surface area contributed by atoms with Crippen LogP contribution in [0.25, 0.3) is 11.2 Å². The normalized spacial score (nSPS) is 10.2. The van der Waals surface area contributed by atoms with E-state index in [9.17, 15) is 25.3 Å². The van der Waals surface area contributed by atoms with Crippen molar-refractivity contribution in [3.05, 3.63) is 43.3 Å². The number of anilines is 1. The molecule has 0 bridgehead atoms. The summed E-state index contributed by atoms with van der Waals surface area (Å²) < 4.78 is 0.916. The third kappa shape index (κ3) is 4.24. The van der Waals surface area contributed by atoms with Gasteiger partial charge in [0.15, 0.2) is 23.4 Å². The molecular formula is C11H9HgN7O5S+. The van der Waals surface area contributed by atoms with Gasteiger partial charge in [-0.3, -0.25) is 4.98 Å². The van der Waals surface area contributed by atoms with Crippen LogP contribution in [0.2, 0.25) is 0 Å². The Kier molecular flexibility index (Phi) is 5.58. The molecule has 125 valence electrons. The molecule has 3 aromatic rings. The van der Waals surface area contributed by atoms with E-state index in [1.807, 2.05) is 0 Å². The molecule has 0 spiro atoms. The van der Waals surface area contributed by atoms with Crippen molar-refractivity contribution in [2.75, 3.05) is 5.73 Å². The van der Waals surface area contributed by atoms with Gasteiger partial charge >= 0.3 is 98.3 Å². The van der Waals surface area contributed by atoms with Gasteiger partial charge in [0.25, 0.3) is 0 Å². The summed E-state index contributed by atoms with van der Waals surface area (Å²) in [4.78, 5) is 32.7. The zero-order valence-corrected chi connectivity index (χ0v) is 18.7. The second-order valence-corrected chi connectivity index (χ2v) is 7.97. The number of fused-ring (bicyclic) bond motifs is 1. The van der Waals surface area contributed by atoms with Crippen molar-refractivity contribution in [2.24, 2.45) is 0 Å². The van der Waals surface area contributed by atoms with Crippen LogP contribution < -0.4 is 8.81 Å². The molecule has 0 aliphatic carbocycles. The summed E-state index contributed by atoms with van der Waals surface area (Å²) >= 11 is 4.01. The zero-order valence-electron chi connectivity index (χ0n) is 12.3. The molecule has 0 fully saturated rings. The summed E-state index contributed by atoms with van der Waals surface area (Å²) in [6.07, 6.45) is 1.55. The van der Waals surface area contributed by atoms with Gasteiger partial charge in [-0.2, -0.15) is 4.98 Å². The molecule has 5 N–H and O–H groups in total. The molecule has 1 aromatic carbocycles. The van der Waals surface area contributed by atoms with Crippen molar-refractivity contribution in [1.29, 1.82) is 0 Å². The standard InChI is InChI=1S/C6H3N2O5.C5H5N5S.Hg/c9-6-2-1-4(7(10)11)3-5(6)8(12)13;6-5-9-3-2(4(11)10-5)7-1-8-3;/h1,3,9H;1H,(H4,6,7,8,9,10,11);/p+1. The number of aromatic amines is 2. The molecule has 0 atom stereocenters. The molecule has 0 aliphatic heterocycles. The summed E-state index contributed by atoms with van der Waals surface area (Å²) in [6.45, 7) is 0. The van der Waals surface area contributed by atoms with Crippen LogP contribution in [0.1, 0.15) is 0 Å². The van der Waals surface area contributed by atoms with E-state index < -0.39 is 21.3 Å². The Morgan fingerprint density at radius 2 is 1.96 bits per heavy atom. The van der Waals surface area contributed by atoms with Gasteiger partial charge in [0.1, 0.15) is 0 Å². The third-order valence-electron chi connectivity index (χ3n) is 2.88. The molecule has 2 aromatic heterocycles. The minimum atomic E-state index is -0.835. The third-order valence-corrected chi connectivity index (χ3v) is 5.30. The maximum atomic E-state index is 10.4. The second-order valence-electron chi connectivity index (χ2n) is 4.56. The van der Waals surface area contributed by atoms with E-state index in [1.165, 1.54) is 0 Å². The molecule has 0 saturated heterocycles. The van der Waals surface area contributed by atoms with Gasteiger partial charge in [0, 0.05) is 0 Å². The Hall–Kier alpha value is -2.67. The molecule has 12 nitrogen and oxygen atoms in total. The Bertz CT molecular complexity index is 1030. The Balaban J connectivity index is 0.000000185. The fourth-order valence-corrected chi connectivity index (χ4v) is 3.58. The number of benzene rings is 1. The van der Waals surface area contributed by atoms with Crippen molar-refractivity contribution < 1.29 is 41.1 Å². The molecule has 14 heteroatoms. The van der Waals surface area contributed by atoms with Crippen LogP contribution in [0.4, 0.5) is 17.3 Å². The average Bonchev–Trinajstić information content (AvgIpc) is 2.98. The van der Waals surface area contributed by atoms with Gasteiger partial charge in [-0.05, 0) is 0 Å². The van der Waals surface area contributed by atoms with Crippen LogP contribution in [0, 0.1) is 24.9 Å². The van der Waals surface area contributed by atoms with E-state index in [-0.39, 0.29) is 31.8 Å². The summed E-state index contributed by atoms with van der Waals surface area (Å²) in [5.74, 6) is -0.129. The number of phenolic OH excluding ortho intramolecular Hbond substituents is 1. The van der Waals surface area contributed by atoms with E-state index >= 15 is 0 Å². The van der Waals surface area contributed by atoms with Crippen molar-refractivity contribution >= 4 is 43.8 Å². The molecule has 0 aliphatic rings. The number of nitrogen functional groups attached to an aromatic ring is 1. The Labute approximate surface area is 159 Å². The minimum absolute atomic E-state index is 0.114. The summed E-state index contributed by atoms with van der Waals surface area (Å²) in [6, 6.07) is 1.91. The van der Waals surface area contributed by atoms with Crippen molar-refractivity contribution in [2.45, 2.75) is 0 Å². The molecule has 0 saturated carbocycles. The van der Waals surface area contributed by atoms with Crippen LogP contribution >= 0.6 is 0 Å². The molecule has 0 radical (unpaired) electrons. The monoisotopic (exact) mass is 553 g/mol. The number of imidazole rings is 1. The number of nitro benzene ring substituents is 2. The van der Waals surface area contributed by atoms with Crippen LogP contribution in [-0.2, 0) is 38.3 Å². The number of phenols is 1. The van der Waals surface area contributed by atoms with Gasteiger partial charge in [-0.1, -0.05) is 0 Å². The van der Waals surface area contributed by atoms with E-state index in [1.54, 1.807) is 6.33 Å². The Morgan fingerprint density at radius 1 is 1.28 bits per heavy atom. The molecule has 0 unspecified atom stereocenters. The van der Waals surface area contributed by atoms with E-state index in [2.05, 4.69) is 32.2 Å². The quantitative estimate of drug-likeness (QED) is 0.0858. The van der Waals surface area contributed by atoms with Crippen molar-refractivity contribution in [1.82, 2.24) is 19.9 Å². The number of H-pyrrole nitrogens is 2. The molecular weight excluding hydrogens is 543 g/mol. The molecule has 25 heavy (non-hydrogen) atoms. The Morgan fingerprint density at radius 3 is 2.56 bits per heavy atom. The van der Waals surface area contributed by atoms with Crippen molar-refractivity contribution in [3.8, 4) is 5.75 Å². The van der Waals surface area contributed by atoms with Crippen LogP contribution in [-0.4, -0.2) is 34.9 Å². The van der Waals surface area contributed by atoms with Gasteiger partial charge in [-0.15, -0.1) is 0 Å². The number of nitro groups is 2. The van der Waals surface area contributed by atoms with Gasteiger partial charge in [0.2, 0.25) is 5.95 Å². The number of hydrogen-bond acceptors (Lipinski definition) is 8. The SMILES string of the molecule is Nc1nc2[nH]cnc2c(=[SH+])[nH]1.O=[N+]([O-])c1c[c]([Hg])c(O)c([N+](=O)[O-])c1. The van der Waals surface area contributed by atoms with E-state index in [0.717, 1.165) is 12.1 Å². The summed E-state index contributed by atoms with van der Waals surface area (Å²) in [7, 11) is 0. The average molecular weight is 552 g/mol. The number of hydrogen-bond donors (Lipinski definition) is 4. The maximum absolute atomic E-state index is 10.4. The number of nitrogens with one attached hydrogen (secondary N) is 2. The number of nitrogens with two attached hydrogens (primary N) is 1. The van der Waals surface area contributed by atoms with E-state index in [0.29, 0.717) is 24.8 Å². The van der Waals surface area contributed by atoms with Crippen LogP contribution in [0.5, 0.6) is 5.75 Å². The fourth-order valence-electron chi connectivity index (χ4n) is 1.78. The fraction of sp³-hybridized carbons (Fsp3) is 0. The number of aromatic nitrogens is 4. The van der Waals surface area contributed by atoms with Crippen LogP contribution in [0.3, 0.4) is 0 Å². The first-order chi connectivity index (χ1) is 11.7. The predicted octanol–water partition coefficient (Wildman–Crippen LogP) is 0.0601. The molecule has 2 heterocycles. The number of thiol groups is 1. The van der Waals surface area contributed by atoms with Crippen molar-refractivity contribution in [3.63, 3.8) is 0 Å². The number of rotatable bonds is 2. The van der Waals surface area contributed by atoms with E-state index in [4.69, 9.17) is 5.73 Å². The first kappa shape index (κ1) is 18.7. The second kappa shape index (κ2) is 7.48. The van der Waals surface area contributed by atoms with Gasteiger partial charge in [-0.25, -0.2) is 4.98 Å². The van der Waals surface area contributed by atoms with Gasteiger partial charge < -0.3 is 10.7 Å². The molecule has 0 amide bonds. The predicted molar refractivity (Wildman–Crippen MR) is 85.7 cm³/mol.